The van der Waals surface area contributed by atoms with E-state index >= 15 is 0 Å². The van der Waals surface area contributed by atoms with Crippen LogP contribution in [0, 0.1) is 0 Å². The summed E-state index contributed by atoms with van der Waals surface area (Å²) >= 11 is 0. The largest absolute Gasteiger partial charge is 0.493 e. The van der Waals surface area contributed by atoms with Crippen molar-refractivity contribution in [2.75, 3.05) is 89.3 Å². The van der Waals surface area contributed by atoms with Crippen LogP contribution in [0.4, 0.5) is 0 Å². The molecule has 4 aromatic carbocycles. The highest BCUT2D eigenvalue weighted by Gasteiger charge is 2.26. The molecule has 0 saturated carbocycles. The molecule has 1 heterocycles. The van der Waals surface area contributed by atoms with Gasteiger partial charge in [-0.3, -0.25) is 4.79 Å². The van der Waals surface area contributed by atoms with Crippen molar-refractivity contribution >= 4 is 5.91 Å². The fraction of sp³-hybridized carbons (Fsp3) is 0.333. The molecule has 0 saturated heterocycles. The number of hydrogen-bond acceptors (Lipinski definition) is 12. The van der Waals surface area contributed by atoms with Gasteiger partial charge in [-0.05, 0) is 66.2 Å². The predicted molar refractivity (Wildman–Crippen MR) is 213 cm³/mol. The van der Waals surface area contributed by atoms with Crippen molar-refractivity contribution in [2.45, 2.75) is 6.54 Å². The smallest absolute Gasteiger partial charge is 0.251 e. The number of ether oxygens (including phenoxy) is 9. The standard InChI is InChI=1S/C42H50N4O10/c1-48-32-14-12-29(22-34(32)50-3)38-39(30-13-15-33(49-2)35(23-30)51-4)46(41(45-38)31-24-36(52-5)40(54-7)37(25-31)53-6)26-27-8-10-28(11-9-27)42(47)44-17-19-56-21-20-55-18-16-43/h8-15,22-25H,16-21,26,43H2,1-7H3,(H,44,47). The maximum absolute atomic E-state index is 13.0. The molecule has 0 atom stereocenters. The molecule has 1 amide bonds. The second kappa shape index (κ2) is 20.1. The number of hydrogen-bond donors (Lipinski definition) is 2. The summed E-state index contributed by atoms with van der Waals surface area (Å²) in [6.07, 6.45) is 0. The Balaban J connectivity index is 1.62. The van der Waals surface area contributed by atoms with E-state index in [1.807, 2.05) is 60.7 Å². The topological polar surface area (TPSA) is 156 Å². The Labute approximate surface area is 327 Å². The van der Waals surface area contributed by atoms with Gasteiger partial charge in [0.05, 0.1) is 87.6 Å². The molecule has 5 aromatic rings. The average Bonchev–Trinajstić information content (AvgIpc) is 3.62. The van der Waals surface area contributed by atoms with Gasteiger partial charge in [-0.1, -0.05) is 12.1 Å². The summed E-state index contributed by atoms with van der Waals surface area (Å²) in [5.41, 5.74) is 10.6. The van der Waals surface area contributed by atoms with Gasteiger partial charge in [0.25, 0.3) is 5.91 Å². The summed E-state index contributed by atoms with van der Waals surface area (Å²) < 4.78 is 52.7. The zero-order valence-corrected chi connectivity index (χ0v) is 32.9. The predicted octanol–water partition coefficient (Wildman–Crippen LogP) is 5.71. The summed E-state index contributed by atoms with van der Waals surface area (Å²) in [4.78, 5) is 18.3. The first-order valence-electron chi connectivity index (χ1n) is 17.9. The first kappa shape index (κ1) is 41.2. The summed E-state index contributed by atoms with van der Waals surface area (Å²) in [6.45, 7) is 2.91. The van der Waals surface area contributed by atoms with Crippen LogP contribution in [0.1, 0.15) is 15.9 Å². The van der Waals surface area contributed by atoms with Gasteiger partial charge in [0.1, 0.15) is 5.82 Å². The van der Waals surface area contributed by atoms with Gasteiger partial charge in [0, 0.05) is 41.9 Å². The number of aromatic nitrogens is 2. The van der Waals surface area contributed by atoms with E-state index in [1.54, 1.807) is 61.9 Å². The van der Waals surface area contributed by atoms with Crippen molar-refractivity contribution in [3.05, 3.63) is 83.9 Å². The number of nitrogens with one attached hydrogen (secondary N) is 1. The molecule has 0 aliphatic carbocycles. The van der Waals surface area contributed by atoms with Crippen molar-refractivity contribution in [1.29, 1.82) is 0 Å². The van der Waals surface area contributed by atoms with Crippen LogP contribution in [-0.2, 0) is 16.0 Å². The van der Waals surface area contributed by atoms with Gasteiger partial charge < -0.3 is 58.2 Å². The SMILES string of the molecule is COc1ccc(-c2nc(-c3cc(OC)c(OC)c(OC)c3)n(Cc3ccc(C(=O)NCCOCCOCCN)cc3)c2-c2ccc(OC)c(OC)c2)cc1OC. The molecule has 3 N–H and O–H groups in total. The molecule has 56 heavy (non-hydrogen) atoms. The second-order valence-electron chi connectivity index (χ2n) is 12.2. The lowest BCUT2D eigenvalue weighted by molar-refractivity contribution is 0.0511. The lowest BCUT2D eigenvalue weighted by Gasteiger charge is -2.17. The lowest BCUT2D eigenvalue weighted by Crippen LogP contribution is -2.27. The number of rotatable bonds is 21. The number of carbonyl (C=O) groups excluding carboxylic acids is 1. The van der Waals surface area contributed by atoms with Gasteiger partial charge in [-0.25, -0.2) is 4.98 Å². The molecule has 1 aromatic heterocycles. The zero-order chi connectivity index (χ0) is 40.0. The summed E-state index contributed by atoms with van der Waals surface area (Å²) in [5, 5.41) is 2.91. The van der Waals surface area contributed by atoms with Crippen molar-refractivity contribution in [1.82, 2.24) is 14.9 Å². The van der Waals surface area contributed by atoms with E-state index in [-0.39, 0.29) is 5.91 Å². The van der Waals surface area contributed by atoms with Crippen LogP contribution in [-0.4, -0.2) is 105 Å². The maximum atomic E-state index is 13.0. The highest BCUT2D eigenvalue weighted by atomic mass is 16.5. The van der Waals surface area contributed by atoms with Crippen molar-refractivity contribution in [3.63, 3.8) is 0 Å². The van der Waals surface area contributed by atoms with Crippen LogP contribution in [0.15, 0.2) is 72.8 Å². The fourth-order valence-corrected chi connectivity index (χ4v) is 6.19. The molecule has 0 radical (unpaired) electrons. The monoisotopic (exact) mass is 770 g/mol. The maximum Gasteiger partial charge on any atom is 0.251 e. The molecule has 14 nitrogen and oxygen atoms in total. The molecule has 0 aliphatic rings. The molecular formula is C42H50N4O10. The molecular weight excluding hydrogens is 720 g/mol. The molecule has 298 valence electrons. The zero-order valence-electron chi connectivity index (χ0n) is 32.9. The normalized spacial score (nSPS) is 10.9. The quantitative estimate of drug-likeness (QED) is 0.0878. The first-order chi connectivity index (χ1) is 27.3. The molecule has 0 bridgehead atoms. The van der Waals surface area contributed by atoms with E-state index < -0.39 is 0 Å². The highest BCUT2D eigenvalue weighted by Crippen LogP contribution is 2.45. The molecule has 0 aliphatic heterocycles. The van der Waals surface area contributed by atoms with Crippen molar-refractivity contribution < 1.29 is 47.4 Å². The third kappa shape index (κ3) is 9.45. The van der Waals surface area contributed by atoms with E-state index in [2.05, 4.69) is 9.88 Å². The Morgan fingerprint density at radius 1 is 0.607 bits per heavy atom. The summed E-state index contributed by atoms with van der Waals surface area (Å²) in [6, 6.07) is 22.6. The minimum Gasteiger partial charge on any atom is -0.493 e. The van der Waals surface area contributed by atoms with E-state index in [1.165, 1.54) is 0 Å². The number of benzene rings is 4. The van der Waals surface area contributed by atoms with Crippen LogP contribution in [0.3, 0.4) is 0 Å². The van der Waals surface area contributed by atoms with Crippen LogP contribution in [0.2, 0.25) is 0 Å². The Morgan fingerprint density at radius 2 is 1.14 bits per heavy atom. The fourth-order valence-electron chi connectivity index (χ4n) is 6.19. The molecule has 0 fully saturated rings. The minimum atomic E-state index is -0.206. The van der Waals surface area contributed by atoms with Crippen molar-refractivity contribution in [2.24, 2.45) is 5.73 Å². The van der Waals surface area contributed by atoms with Gasteiger partial charge >= 0.3 is 0 Å². The number of methoxy groups -OCH3 is 7. The summed E-state index contributed by atoms with van der Waals surface area (Å²) in [7, 11) is 11.1. The molecule has 0 spiro atoms. The number of amides is 1. The van der Waals surface area contributed by atoms with Gasteiger partial charge in [0.15, 0.2) is 34.5 Å². The van der Waals surface area contributed by atoms with Crippen LogP contribution in [0.25, 0.3) is 33.9 Å². The Bertz CT molecular complexity index is 2040. The Kier molecular flexibility index (Phi) is 14.8. The van der Waals surface area contributed by atoms with Gasteiger partial charge in [0.2, 0.25) is 5.75 Å². The van der Waals surface area contributed by atoms with Crippen LogP contribution < -0.4 is 44.2 Å². The molecule has 0 unspecified atom stereocenters. The van der Waals surface area contributed by atoms with Gasteiger partial charge in [-0.15, -0.1) is 0 Å². The van der Waals surface area contributed by atoms with E-state index in [9.17, 15) is 4.79 Å². The number of imidazole rings is 1. The Morgan fingerprint density at radius 3 is 1.70 bits per heavy atom. The number of nitrogens with two attached hydrogens (primary N) is 1. The number of carbonyl (C=O) groups is 1. The average molecular weight is 771 g/mol. The Hall–Kier alpha value is -5.96. The highest BCUT2D eigenvalue weighted by molar-refractivity contribution is 5.94. The van der Waals surface area contributed by atoms with Gasteiger partial charge in [-0.2, -0.15) is 0 Å². The third-order valence-corrected chi connectivity index (χ3v) is 8.93. The van der Waals surface area contributed by atoms with Crippen LogP contribution in [0.5, 0.6) is 40.2 Å². The second-order valence-corrected chi connectivity index (χ2v) is 12.2. The minimum absolute atomic E-state index is 0.206. The summed E-state index contributed by atoms with van der Waals surface area (Å²) in [5.74, 6) is 4.05. The van der Waals surface area contributed by atoms with E-state index in [4.69, 9.17) is 53.3 Å². The number of nitrogens with zero attached hydrogens (tertiary/aromatic N) is 2. The van der Waals surface area contributed by atoms with Crippen molar-refractivity contribution in [3.8, 4) is 74.1 Å². The molecule has 14 heteroatoms. The molecule has 5 rings (SSSR count). The third-order valence-electron chi connectivity index (χ3n) is 8.93. The van der Waals surface area contributed by atoms with Crippen LogP contribution >= 0.6 is 0 Å². The van der Waals surface area contributed by atoms with E-state index in [0.717, 1.165) is 22.4 Å². The lowest BCUT2D eigenvalue weighted by atomic mass is 10.0. The first-order valence-corrected chi connectivity index (χ1v) is 17.9. The van der Waals surface area contributed by atoms with E-state index in [0.29, 0.717) is 109 Å².